The van der Waals surface area contributed by atoms with Crippen LogP contribution in [0.4, 0.5) is 13.8 Å². The number of anilines is 1. The van der Waals surface area contributed by atoms with Gasteiger partial charge < -0.3 is 5.32 Å². The second kappa shape index (κ2) is 3.98. The van der Waals surface area contributed by atoms with Crippen molar-refractivity contribution in [3.63, 3.8) is 0 Å². The first-order valence-corrected chi connectivity index (χ1v) is 5.25. The van der Waals surface area contributed by atoms with Crippen molar-refractivity contribution < 1.29 is 8.78 Å². The fraction of sp³-hybridized carbons (Fsp3) is 0.0909. The van der Waals surface area contributed by atoms with Crippen LogP contribution in [0.15, 0.2) is 30.3 Å². The molecule has 0 spiro atoms. The van der Waals surface area contributed by atoms with Crippen LogP contribution in [-0.4, -0.2) is 7.05 Å². The van der Waals surface area contributed by atoms with Crippen LogP contribution in [0.2, 0.25) is 0 Å². The lowest BCUT2D eigenvalue weighted by molar-refractivity contribution is 0.509. The Kier molecular flexibility index (Phi) is 2.68. The number of nitrogens with one attached hydrogen (secondary N) is 1. The number of rotatable bonds is 2. The zero-order valence-electron chi connectivity index (χ0n) is 8.05. The molecule has 0 bridgehead atoms. The highest BCUT2D eigenvalue weighted by Gasteiger charge is 2.06. The Hall–Kier alpha value is -1.42. The summed E-state index contributed by atoms with van der Waals surface area (Å²) in [5, 5.41) is 3.99. The zero-order chi connectivity index (χ0) is 10.8. The van der Waals surface area contributed by atoms with Crippen molar-refractivity contribution in [1.29, 1.82) is 0 Å². The summed E-state index contributed by atoms with van der Waals surface area (Å²) in [6, 6.07) is 7.71. The third kappa shape index (κ3) is 1.99. The molecular formula is C11H9F2NS. The molecule has 1 nitrogen and oxygen atoms in total. The summed E-state index contributed by atoms with van der Waals surface area (Å²) >= 11 is 1.50. The minimum absolute atomic E-state index is 0.695. The lowest BCUT2D eigenvalue weighted by Gasteiger charge is -1.98. The van der Waals surface area contributed by atoms with E-state index in [0.29, 0.717) is 5.56 Å². The van der Waals surface area contributed by atoms with Crippen LogP contribution >= 0.6 is 11.3 Å². The highest BCUT2D eigenvalue weighted by Crippen LogP contribution is 2.31. The molecule has 0 aliphatic carbocycles. The molecule has 0 saturated heterocycles. The van der Waals surface area contributed by atoms with Crippen molar-refractivity contribution in [2.75, 3.05) is 12.4 Å². The Morgan fingerprint density at radius 3 is 2.47 bits per heavy atom. The van der Waals surface area contributed by atoms with Crippen molar-refractivity contribution in [3.8, 4) is 10.4 Å². The van der Waals surface area contributed by atoms with Crippen molar-refractivity contribution in [2.24, 2.45) is 0 Å². The lowest BCUT2D eigenvalue weighted by Crippen LogP contribution is -1.83. The molecule has 0 aliphatic heterocycles. The van der Waals surface area contributed by atoms with Crippen LogP contribution < -0.4 is 5.32 Å². The largest absolute Gasteiger partial charge is 0.380 e. The van der Waals surface area contributed by atoms with Crippen LogP contribution in [0.1, 0.15) is 0 Å². The number of thiophene rings is 1. The molecule has 0 radical (unpaired) electrons. The highest BCUT2D eigenvalue weighted by molar-refractivity contribution is 7.19. The molecule has 78 valence electrons. The maximum atomic E-state index is 13.0. The third-order valence-corrected chi connectivity index (χ3v) is 3.21. The Morgan fingerprint density at radius 2 is 1.87 bits per heavy atom. The first kappa shape index (κ1) is 10.1. The molecule has 0 fully saturated rings. The molecule has 15 heavy (non-hydrogen) atoms. The fourth-order valence-corrected chi connectivity index (χ4v) is 2.13. The van der Waals surface area contributed by atoms with Crippen molar-refractivity contribution >= 4 is 16.3 Å². The molecule has 4 heteroatoms. The minimum atomic E-state index is -0.816. The van der Waals surface area contributed by atoms with Gasteiger partial charge in [0.2, 0.25) is 0 Å². The molecule has 0 aliphatic rings. The van der Waals surface area contributed by atoms with Gasteiger partial charge in [0.15, 0.2) is 11.6 Å². The summed E-state index contributed by atoms with van der Waals surface area (Å²) < 4.78 is 25.7. The van der Waals surface area contributed by atoms with Crippen LogP contribution in [-0.2, 0) is 0 Å². The van der Waals surface area contributed by atoms with E-state index in [1.807, 2.05) is 19.2 Å². The van der Waals surface area contributed by atoms with Crippen molar-refractivity contribution in [2.45, 2.75) is 0 Å². The molecule has 2 aromatic rings. The first-order chi connectivity index (χ1) is 7.20. The van der Waals surface area contributed by atoms with Crippen molar-refractivity contribution in [3.05, 3.63) is 42.0 Å². The number of halogens is 2. The summed E-state index contributed by atoms with van der Waals surface area (Å²) in [6.07, 6.45) is 0. The van der Waals surface area contributed by atoms with Crippen LogP contribution in [0.5, 0.6) is 0 Å². The predicted octanol–water partition coefficient (Wildman–Crippen LogP) is 3.74. The van der Waals surface area contributed by atoms with E-state index in [1.165, 1.54) is 17.4 Å². The zero-order valence-corrected chi connectivity index (χ0v) is 8.87. The normalized spacial score (nSPS) is 10.3. The highest BCUT2D eigenvalue weighted by atomic mass is 32.1. The van der Waals surface area contributed by atoms with E-state index in [1.54, 1.807) is 6.07 Å². The van der Waals surface area contributed by atoms with Gasteiger partial charge >= 0.3 is 0 Å². The molecule has 0 unspecified atom stereocenters. The molecule has 1 heterocycles. The summed E-state index contributed by atoms with van der Waals surface area (Å²) in [4.78, 5) is 0.915. The van der Waals surface area contributed by atoms with E-state index in [-0.39, 0.29) is 0 Å². The quantitative estimate of drug-likeness (QED) is 0.821. The summed E-state index contributed by atoms with van der Waals surface area (Å²) in [6.45, 7) is 0. The van der Waals surface area contributed by atoms with E-state index in [9.17, 15) is 8.78 Å². The van der Waals surface area contributed by atoms with Gasteiger partial charge in [0.05, 0.1) is 5.00 Å². The van der Waals surface area contributed by atoms with Gasteiger partial charge in [-0.2, -0.15) is 0 Å². The summed E-state index contributed by atoms with van der Waals surface area (Å²) in [7, 11) is 1.82. The number of hydrogen-bond acceptors (Lipinski definition) is 2. The van der Waals surface area contributed by atoms with Gasteiger partial charge in [0.25, 0.3) is 0 Å². The van der Waals surface area contributed by atoms with E-state index >= 15 is 0 Å². The van der Waals surface area contributed by atoms with Gasteiger partial charge in [-0.1, -0.05) is 6.07 Å². The van der Waals surface area contributed by atoms with E-state index in [0.717, 1.165) is 15.9 Å². The lowest BCUT2D eigenvalue weighted by atomic mass is 10.2. The fourth-order valence-electron chi connectivity index (χ4n) is 1.28. The minimum Gasteiger partial charge on any atom is -0.380 e. The average molecular weight is 225 g/mol. The molecular weight excluding hydrogens is 216 g/mol. The summed E-state index contributed by atoms with van der Waals surface area (Å²) in [5.41, 5.74) is 0.695. The topological polar surface area (TPSA) is 12.0 Å². The van der Waals surface area contributed by atoms with Gasteiger partial charge in [-0.15, -0.1) is 11.3 Å². The Labute approximate surface area is 90.4 Å². The van der Waals surface area contributed by atoms with Gasteiger partial charge in [-0.3, -0.25) is 0 Å². The molecule has 0 saturated carbocycles. The molecule has 1 N–H and O–H groups in total. The SMILES string of the molecule is CNc1ccc(-c2ccc(F)c(F)c2)s1. The molecule has 1 aromatic carbocycles. The third-order valence-electron chi connectivity index (χ3n) is 2.06. The van der Waals surface area contributed by atoms with Gasteiger partial charge in [0, 0.05) is 11.9 Å². The maximum Gasteiger partial charge on any atom is 0.159 e. The van der Waals surface area contributed by atoms with Crippen LogP contribution in [0.3, 0.4) is 0 Å². The average Bonchev–Trinajstić information content (AvgIpc) is 2.70. The molecule has 0 atom stereocenters. The maximum absolute atomic E-state index is 13.0. The second-order valence-corrected chi connectivity index (χ2v) is 4.13. The predicted molar refractivity (Wildman–Crippen MR) is 59.2 cm³/mol. The Morgan fingerprint density at radius 1 is 1.07 bits per heavy atom. The van der Waals surface area contributed by atoms with Crippen LogP contribution in [0.25, 0.3) is 10.4 Å². The van der Waals surface area contributed by atoms with E-state index in [2.05, 4.69) is 5.32 Å². The Balaban J connectivity index is 2.40. The van der Waals surface area contributed by atoms with E-state index < -0.39 is 11.6 Å². The van der Waals surface area contributed by atoms with E-state index in [4.69, 9.17) is 0 Å². The molecule has 0 amide bonds. The Bertz CT molecular complexity index is 479. The molecule has 2 rings (SSSR count). The van der Waals surface area contributed by atoms with Gasteiger partial charge in [-0.25, -0.2) is 8.78 Å². The monoisotopic (exact) mass is 225 g/mol. The number of hydrogen-bond donors (Lipinski definition) is 1. The summed E-state index contributed by atoms with van der Waals surface area (Å²) in [5.74, 6) is -1.63. The molecule has 1 aromatic heterocycles. The van der Waals surface area contributed by atoms with Crippen LogP contribution in [0, 0.1) is 11.6 Å². The van der Waals surface area contributed by atoms with Gasteiger partial charge in [0.1, 0.15) is 0 Å². The van der Waals surface area contributed by atoms with Gasteiger partial charge in [-0.05, 0) is 29.8 Å². The standard InChI is InChI=1S/C11H9F2NS/c1-14-11-5-4-10(15-11)7-2-3-8(12)9(13)6-7/h2-6,14H,1H3. The van der Waals surface area contributed by atoms with Crippen molar-refractivity contribution in [1.82, 2.24) is 0 Å². The second-order valence-electron chi connectivity index (χ2n) is 3.04. The first-order valence-electron chi connectivity index (χ1n) is 4.43. The smallest absolute Gasteiger partial charge is 0.159 e. The number of benzene rings is 1.